The van der Waals surface area contributed by atoms with Crippen LogP contribution in [-0.4, -0.2) is 18.5 Å². The van der Waals surface area contributed by atoms with Gasteiger partial charge in [0, 0.05) is 6.54 Å². The third-order valence-corrected chi connectivity index (χ3v) is 2.79. The van der Waals surface area contributed by atoms with E-state index in [9.17, 15) is 18.0 Å². The van der Waals surface area contributed by atoms with Crippen LogP contribution in [0.1, 0.15) is 12.8 Å². The van der Waals surface area contributed by atoms with E-state index in [1.165, 1.54) is 0 Å². The van der Waals surface area contributed by atoms with Gasteiger partial charge in [0.2, 0.25) is 5.91 Å². The normalized spacial score (nSPS) is 20.8. The lowest BCUT2D eigenvalue weighted by atomic mass is 10.0. The van der Waals surface area contributed by atoms with Crippen LogP contribution >= 0.6 is 0 Å². The molecule has 0 aliphatic carbocycles. The zero-order chi connectivity index (χ0) is 12.6. The van der Waals surface area contributed by atoms with Crippen molar-refractivity contribution in [2.24, 2.45) is 5.73 Å². The number of benzene rings is 1. The van der Waals surface area contributed by atoms with Crippen LogP contribution in [0.5, 0.6) is 0 Å². The topological polar surface area (TPSA) is 46.3 Å². The third-order valence-electron chi connectivity index (χ3n) is 2.79. The van der Waals surface area contributed by atoms with Gasteiger partial charge in [-0.05, 0) is 25.0 Å². The molecule has 1 unspecified atom stereocenters. The second-order valence-electron chi connectivity index (χ2n) is 3.93. The SMILES string of the molecule is NC1CCCN(c2ccc(F)c(F)c2F)C1=O. The third kappa shape index (κ3) is 2.00. The number of hydrogen-bond acceptors (Lipinski definition) is 2. The summed E-state index contributed by atoms with van der Waals surface area (Å²) in [6, 6.07) is 1.13. The van der Waals surface area contributed by atoms with Crippen molar-refractivity contribution in [3.05, 3.63) is 29.6 Å². The molecular weight excluding hydrogens is 233 g/mol. The Kier molecular flexibility index (Phi) is 3.06. The van der Waals surface area contributed by atoms with Crippen molar-refractivity contribution in [1.29, 1.82) is 0 Å². The molecule has 1 fully saturated rings. The second-order valence-corrected chi connectivity index (χ2v) is 3.93. The number of hydrogen-bond donors (Lipinski definition) is 1. The first-order chi connectivity index (χ1) is 8.02. The van der Waals surface area contributed by atoms with Gasteiger partial charge < -0.3 is 10.6 Å². The summed E-state index contributed by atoms with van der Waals surface area (Å²) in [6.45, 7) is 0.258. The van der Waals surface area contributed by atoms with Crippen molar-refractivity contribution in [2.75, 3.05) is 11.4 Å². The smallest absolute Gasteiger partial charge is 0.243 e. The number of rotatable bonds is 1. The maximum atomic E-state index is 13.5. The van der Waals surface area contributed by atoms with Crippen molar-refractivity contribution in [2.45, 2.75) is 18.9 Å². The average Bonchev–Trinajstić information content (AvgIpc) is 2.31. The van der Waals surface area contributed by atoms with Crippen LogP contribution in [0.3, 0.4) is 0 Å². The molecule has 1 amide bonds. The summed E-state index contributed by atoms with van der Waals surface area (Å²) < 4.78 is 39.3. The maximum absolute atomic E-state index is 13.5. The first-order valence-electron chi connectivity index (χ1n) is 5.23. The molecule has 0 saturated carbocycles. The highest BCUT2D eigenvalue weighted by atomic mass is 19.2. The number of carbonyl (C=O) groups excluding carboxylic acids is 1. The van der Waals surface area contributed by atoms with Crippen molar-refractivity contribution in [3.8, 4) is 0 Å². The van der Waals surface area contributed by atoms with Gasteiger partial charge in [-0.3, -0.25) is 4.79 Å². The number of piperidine rings is 1. The summed E-state index contributed by atoms with van der Waals surface area (Å²) in [5.41, 5.74) is 5.28. The number of carbonyl (C=O) groups is 1. The maximum Gasteiger partial charge on any atom is 0.243 e. The number of nitrogens with zero attached hydrogens (tertiary/aromatic N) is 1. The Hall–Kier alpha value is -1.56. The van der Waals surface area contributed by atoms with E-state index in [0.29, 0.717) is 12.8 Å². The zero-order valence-corrected chi connectivity index (χ0v) is 8.92. The molecule has 1 aliphatic rings. The summed E-state index contributed by atoms with van der Waals surface area (Å²) in [5.74, 6) is -4.68. The zero-order valence-electron chi connectivity index (χ0n) is 8.92. The summed E-state index contributed by atoms with van der Waals surface area (Å²) in [4.78, 5) is 12.8. The van der Waals surface area contributed by atoms with Crippen LogP contribution in [0.2, 0.25) is 0 Å². The van der Waals surface area contributed by atoms with Crippen LogP contribution in [0.15, 0.2) is 12.1 Å². The number of anilines is 1. The first-order valence-corrected chi connectivity index (χ1v) is 5.23. The van der Waals surface area contributed by atoms with Crippen LogP contribution in [0.4, 0.5) is 18.9 Å². The summed E-state index contributed by atoms with van der Waals surface area (Å²) in [7, 11) is 0. The highest BCUT2D eigenvalue weighted by Crippen LogP contribution is 2.26. The summed E-state index contributed by atoms with van der Waals surface area (Å²) in [5, 5.41) is 0. The highest BCUT2D eigenvalue weighted by Gasteiger charge is 2.29. The molecule has 1 atom stereocenters. The van der Waals surface area contributed by atoms with E-state index in [4.69, 9.17) is 5.73 Å². The largest absolute Gasteiger partial charge is 0.320 e. The summed E-state index contributed by atoms with van der Waals surface area (Å²) >= 11 is 0. The minimum Gasteiger partial charge on any atom is -0.320 e. The van der Waals surface area contributed by atoms with E-state index in [1.807, 2.05) is 0 Å². The fourth-order valence-electron chi connectivity index (χ4n) is 1.87. The van der Waals surface area contributed by atoms with Gasteiger partial charge in [0.25, 0.3) is 0 Å². The second kappa shape index (κ2) is 4.37. The average molecular weight is 244 g/mol. The fraction of sp³-hybridized carbons (Fsp3) is 0.364. The van der Waals surface area contributed by atoms with Crippen molar-refractivity contribution in [3.63, 3.8) is 0 Å². The Morgan fingerprint density at radius 1 is 1.24 bits per heavy atom. The van der Waals surface area contributed by atoms with Crippen LogP contribution < -0.4 is 10.6 Å². The molecule has 0 bridgehead atoms. The molecule has 0 aromatic heterocycles. The molecule has 6 heteroatoms. The quantitative estimate of drug-likeness (QED) is 0.762. The van der Waals surface area contributed by atoms with Gasteiger partial charge in [0.15, 0.2) is 17.5 Å². The molecule has 92 valence electrons. The lowest BCUT2D eigenvalue weighted by molar-refractivity contribution is -0.120. The number of amides is 1. The Labute approximate surface area is 96.0 Å². The first kappa shape index (κ1) is 11.9. The molecule has 2 N–H and O–H groups in total. The van der Waals surface area contributed by atoms with Gasteiger partial charge in [-0.1, -0.05) is 0 Å². The molecule has 1 aromatic rings. The van der Waals surface area contributed by atoms with Gasteiger partial charge in [-0.15, -0.1) is 0 Å². The van der Waals surface area contributed by atoms with E-state index in [-0.39, 0.29) is 12.2 Å². The van der Waals surface area contributed by atoms with E-state index in [0.717, 1.165) is 17.0 Å². The Morgan fingerprint density at radius 3 is 2.65 bits per heavy atom. The standard InChI is InChI=1S/C11H11F3N2O/c12-6-3-4-8(10(14)9(6)13)16-5-1-2-7(15)11(16)17/h3-4,7H,1-2,5,15H2. The molecule has 1 saturated heterocycles. The lowest BCUT2D eigenvalue weighted by Crippen LogP contribution is -2.48. The Morgan fingerprint density at radius 2 is 1.94 bits per heavy atom. The molecule has 2 rings (SSSR count). The summed E-state index contributed by atoms with van der Waals surface area (Å²) in [6.07, 6.45) is 1.12. The van der Waals surface area contributed by atoms with Crippen LogP contribution in [0.25, 0.3) is 0 Å². The molecule has 1 heterocycles. The molecule has 17 heavy (non-hydrogen) atoms. The van der Waals surface area contributed by atoms with E-state index < -0.39 is 29.4 Å². The fourth-order valence-corrected chi connectivity index (χ4v) is 1.87. The van der Waals surface area contributed by atoms with Crippen LogP contribution in [-0.2, 0) is 4.79 Å². The van der Waals surface area contributed by atoms with Crippen molar-refractivity contribution in [1.82, 2.24) is 0 Å². The minimum atomic E-state index is -1.57. The predicted octanol–water partition coefficient (Wildman–Crippen LogP) is 1.56. The number of nitrogens with two attached hydrogens (primary N) is 1. The molecule has 1 aromatic carbocycles. The van der Waals surface area contributed by atoms with Gasteiger partial charge in [0.05, 0.1) is 11.7 Å². The van der Waals surface area contributed by atoms with Crippen LogP contribution in [0, 0.1) is 17.5 Å². The molecule has 0 radical (unpaired) electrons. The monoisotopic (exact) mass is 244 g/mol. The molecule has 1 aliphatic heterocycles. The molecular formula is C11H11F3N2O. The van der Waals surface area contributed by atoms with Crippen molar-refractivity contribution >= 4 is 11.6 Å². The van der Waals surface area contributed by atoms with E-state index in [2.05, 4.69) is 0 Å². The van der Waals surface area contributed by atoms with Gasteiger partial charge >= 0.3 is 0 Å². The minimum absolute atomic E-state index is 0.258. The van der Waals surface area contributed by atoms with Gasteiger partial charge in [-0.25, -0.2) is 13.2 Å². The van der Waals surface area contributed by atoms with Crippen molar-refractivity contribution < 1.29 is 18.0 Å². The van der Waals surface area contributed by atoms with Gasteiger partial charge in [0.1, 0.15) is 0 Å². The van der Waals surface area contributed by atoms with E-state index in [1.54, 1.807) is 0 Å². The number of halogens is 3. The van der Waals surface area contributed by atoms with E-state index >= 15 is 0 Å². The molecule has 0 spiro atoms. The Bertz CT molecular complexity index is 464. The van der Waals surface area contributed by atoms with Gasteiger partial charge in [-0.2, -0.15) is 0 Å². The Balaban J connectivity index is 2.40. The highest BCUT2D eigenvalue weighted by molar-refractivity contribution is 5.97. The lowest BCUT2D eigenvalue weighted by Gasteiger charge is -2.30. The molecule has 3 nitrogen and oxygen atoms in total. The predicted molar refractivity (Wildman–Crippen MR) is 55.9 cm³/mol.